The smallest absolute Gasteiger partial charge is 0.180 e. The molecule has 0 aliphatic carbocycles. The minimum absolute atomic E-state index is 0.0244. The standard InChI is InChI=1S/C13H15ClN2O2S/c1-10-9-11(2)16(15-10)7-8-19(17,18)13-5-3-12(14)4-6-13/h3-6,9H,7-8H2,1-2H3. The van der Waals surface area contributed by atoms with E-state index in [9.17, 15) is 8.42 Å². The molecule has 0 aliphatic heterocycles. The van der Waals surface area contributed by atoms with Gasteiger partial charge in [0.1, 0.15) is 0 Å². The van der Waals surface area contributed by atoms with Crippen LogP contribution in [-0.2, 0) is 16.4 Å². The molecule has 6 heteroatoms. The zero-order valence-electron chi connectivity index (χ0n) is 10.8. The summed E-state index contributed by atoms with van der Waals surface area (Å²) in [6, 6.07) is 8.14. The third-order valence-electron chi connectivity index (χ3n) is 2.85. The van der Waals surface area contributed by atoms with Gasteiger partial charge in [0, 0.05) is 10.7 Å². The zero-order chi connectivity index (χ0) is 14.0. The Bertz CT molecular complexity index is 675. The number of aromatic nitrogens is 2. The second-order valence-electron chi connectivity index (χ2n) is 4.42. The topological polar surface area (TPSA) is 52.0 Å². The first-order chi connectivity index (χ1) is 8.88. The second-order valence-corrected chi connectivity index (χ2v) is 6.97. The lowest BCUT2D eigenvalue weighted by Gasteiger charge is -2.06. The Balaban J connectivity index is 2.14. The zero-order valence-corrected chi connectivity index (χ0v) is 12.4. The molecule has 0 atom stereocenters. The number of aryl methyl sites for hydroxylation is 3. The molecule has 102 valence electrons. The first-order valence-electron chi connectivity index (χ1n) is 5.88. The summed E-state index contributed by atoms with van der Waals surface area (Å²) in [4.78, 5) is 0.290. The molecular weight excluding hydrogens is 284 g/mol. The van der Waals surface area contributed by atoms with Crippen molar-refractivity contribution in [3.63, 3.8) is 0 Å². The SMILES string of the molecule is Cc1cc(C)n(CCS(=O)(=O)c2ccc(Cl)cc2)n1. The van der Waals surface area contributed by atoms with Gasteiger partial charge in [-0.05, 0) is 44.2 Å². The van der Waals surface area contributed by atoms with Crippen LogP contribution >= 0.6 is 11.6 Å². The Hall–Kier alpha value is -1.33. The summed E-state index contributed by atoms with van der Waals surface area (Å²) >= 11 is 5.75. The molecule has 4 nitrogen and oxygen atoms in total. The highest BCUT2D eigenvalue weighted by molar-refractivity contribution is 7.91. The van der Waals surface area contributed by atoms with Crippen molar-refractivity contribution in [1.29, 1.82) is 0 Å². The molecule has 1 aromatic carbocycles. The van der Waals surface area contributed by atoms with E-state index in [1.54, 1.807) is 16.8 Å². The third-order valence-corrected chi connectivity index (χ3v) is 4.81. The Morgan fingerprint density at radius 2 is 1.84 bits per heavy atom. The first kappa shape index (κ1) is 14.1. The summed E-state index contributed by atoms with van der Waals surface area (Å²) in [7, 11) is -3.30. The molecule has 0 unspecified atom stereocenters. The van der Waals surface area contributed by atoms with Gasteiger partial charge in [-0.1, -0.05) is 11.6 Å². The van der Waals surface area contributed by atoms with Crippen molar-refractivity contribution in [3.05, 3.63) is 46.7 Å². The van der Waals surface area contributed by atoms with Crippen LogP contribution in [0.1, 0.15) is 11.4 Å². The van der Waals surface area contributed by atoms with Crippen LogP contribution in [-0.4, -0.2) is 24.0 Å². The largest absolute Gasteiger partial charge is 0.269 e. The molecule has 1 heterocycles. The minimum atomic E-state index is -3.30. The molecule has 1 aromatic heterocycles. The molecule has 0 N–H and O–H groups in total. The highest BCUT2D eigenvalue weighted by Gasteiger charge is 2.15. The van der Waals surface area contributed by atoms with E-state index < -0.39 is 9.84 Å². The molecular formula is C13H15ClN2O2S. The van der Waals surface area contributed by atoms with Crippen LogP contribution in [0.4, 0.5) is 0 Å². The number of rotatable bonds is 4. The fourth-order valence-electron chi connectivity index (χ4n) is 1.87. The van der Waals surface area contributed by atoms with Crippen LogP contribution in [0.15, 0.2) is 35.2 Å². The summed E-state index contributed by atoms with van der Waals surface area (Å²) in [6.45, 7) is 4.15. The normalized spacial score (nSPS) is 11.7. The molecule has 0 saturated heterocycles. The van der Waals surface area contributed by atoms with Gasteiger partial charge in [0.05, 0.1) is 22.9 Å². The van der Waals surface area contributed by atoms with Crippen molar-refractivity contribution in [1.82, 2.24) is 9.78 Å². The lowest BCUT2D eigenvalue weighted by Crippen LogP contribution is -2.15. The molecule has 2 aromatic rings. The van der Waals surface area contributed by atoms with Crippen molar-refractivity contribution in [2.24, 2.45) is 0 Å². The fourth-order valence-corrected chi connectivity index (χ4v) is 3.19. The Kier molecular flexibility index (Phi) is 3.96. The molecule has 0 aliphatic rings. The van der Waals surface area contributed by atoms with Crippen LogP contribution in [0, 0.1) is 13.8 Å². The third kappa shape index (κ3) is 3.36. The average molecular weight is 299 g/mol. The van der Waals surface area contributed by atoms with E-state index in [0.29, 0.717) is 16.5 Å². The minimum Gasteiger partial charge on any atom is -0.269 e. The molecule has 0 bridgehead atoms. The van der Waals surface area contributed by atoms with E-state index in [4.69, 9.17) is 11.6 Å². The summed E-state index contributed by atoms with van der Waals surface area (Å²) in [5, 5.41) is 4.78. The van der Waals surface area contributed by atoms with Gasteiger partial charge in [0.25, 0.3) is 0 Å². The summed E-state index contributed by atoms with van der Waals surface area (Å²) in [5.74, 6) is 0.0244. The molecule has 0 amide bonds. The van der Waals surface area contributed by atoms with Gasteiger partial charge in [0.2, 0.25) is 0 Å². The van der Waals surface area contributed by atoms with Gasteiger partial charge < -0.3 is 0 Å². The van der Waals surface area contributed by atoms with Crippen LogP contribution in [0.3, 0.4) is 0 Å². The lowest BCUT2D eigenvalue weighted by atomic mass is 10.4. The molecule has 0 radical (unpaired) electrons. The van der Waals surface area contributed by atoms with E-state index in [1.165, 1.54) is 12.1 Å². The van der Waals surface area contributed by atoms with Crippen LogP contribution in [0.25, 0.3) is 0 Å². The van der Waals surface area contributed by atoms with E-state index in [1.807, 2.05) is 19.9 Å². The lowest BCUT2D eigenvalue weighted by molar-refractivity contribution is 0.576. The molecule has 19 heavy (non-hydrogen) atoms. The van der Waals surface area contributed by atoms with Crippen molar-refractivity contribution in [2.75, 3.05) is 5.75 Å². The van der Waals surface area contributed by atoms with Gasteiger partial charge >= 0.3 is 0 Å². The predicted octanol–water partition coefficient (Wildman–Crippen LogP) is 2.63. The predicted molar refractivity (Wildman–Crippen MR) is 75.2 cm³/mol. The quantitative estimate of drug-likeness (QED) is 0.872. The maximum atomic E-state index is 12.2. The first-order valence-corrected chi connectivity index (χ1v) is 7.91. The average Bonchev–Trinajstić information content (AvgIpc) is 2.66. The van der Waals surface area contributed by atoms with Crippen LogP contribution in [0.2, 0.25) is 5.02 Å². The highest BCUT2D eigenvalue weighted by atomic mass is 35.5. The number of sulfone groups is 1. The van der Waals surface area contributed by atoms with Gasteiger partial charge in [-0.3, -0.25) is 4.68 Å². The Labute approximate surface area is 117 Å². The van der Waals surface area contributed by atoms with Crippen molar-refractivity contribution in [2.45, 2.75) is 25.3 Å². The van der Waals surface area contributed by atoms with Crippen molar-refractivity contribution in [3.8, 4) is 0 Å². The van der Waals surface area contributed by atoms with E-state index in [2.05, 4.69) is 5.10 Å². The van der Waals surface area contributed by atoms with Crippen LogP contribution in [0.5, 0.6) is 0 Å². The van der Waals surface area contributed by atoms with E-state index in [0.717, 1.165) is 11.4 Å². The summed E-state index contributed by atoms with van der Waals surface area (Å²) in [6.07, 6.45) is 0. The molecule has 2 rings (SSSR count). The highest BCUT2D eigenvalue weighted by Crippen LogP contribution is 2.16. The van der Waals surface area contributed by atoms with Crippen LogP contribution < -0.4 is 0 Å². The number of hydrogen-bond donors (Lipinski definition) is 0. The maximum Gasteiger partial charge on any atom is 0.180 e. The van der Waals surface area contributed by atoms with Gasteiger partial charge in [-0.15, -0.1) is 0 Å². The number of hydrogen-bond acceptors (Lipinski definition) is 3. The number of benzene rings is 1. The van der Waals surface area contributed by atoms with E-state index >= 15 is 0 Å². The van der Waals surface area contributed by atoms with Gasteiger partial charge in [0.15, 0.2) is 9.84 Å². The molecule has 0 fully saturated rings. The van der Waals surface area contributed by atoms with E-state index in [-0.39, 0.29) is 5.75 Å². The Morgan fingerprint density at radius 3 is 2.37 bits per heavy atom. The van der Waals surface area contributed by atoms with Crippen molar-refractivity contribution >= 4 is 21.4 Å². The fraction of sp³-hybridized carbons (Fsp3) is 0.308. The van der Waals surface area contributed by atoms with Gasteiger partial charge in [-0.2, -0.15) is 5.10 Å². The van der Waals surface area contributed by atoms with Gasteiger partial charge in [-0.25, -0.2) is 8.42 Å². The maximum absolute atomic E-state index is 12.2. The molecule has 0 saturated carbocycles. The number of halogens is 1. The van der Waals surface area contributed by atoms with Crippen molar-refractivity contribution < 1.29 is 8.42 Å². The summed E-state index contributed by atoms with van der Waals surface area (Å²) in [5.41, 5.74) is 1.85. The monoisotopic (exact) mass is 298 g/mol. The summed E-state index contributed by atoms with van der Waals surface area (Å²) < 4.78 is 26.0. The Morgan fingerprint density at radius 1 is 1.21 bits per heavy atom. The number of nitrogens with zero attached hydrogens (tertiary/aromatic N) is 2. The second kappa shape index (κ2) is 5.35. The molecule has 0 spiro atoms.